The summed E-state index contributed by atoms with van der Waals surface area (Å²) in [6, 6.07) is 12.5. The highest BCUT2D eigenvalue weighted by Gasteiger charge is 2.01. The van der Waals surface area contributed by atoms with Crippen molar-refractivity contribution < 1.29 is 0 Å². The van der Waals surface area contributed by atoms with Crippen LogP contribution in [-0.4, -0.2) is 4.98 Å². The summed E-state index contributed by atoms with van der Waals surface area (Å²) >= 11 is 3.39. The van der Waals surface area contributed by atoms with Crippen LogP contribution in [0.3, 0.4) is 0 Å². The van der Waals surface area contributed by atoms with Gasteiger partial charge in [0.15, 0.2) is 0 Å². The molecule has 0 saturated carbocycles. The molecule has 0 bridgehead atoms. The third kappa shape index (κ3) is 3.57. The fraction of sp³-hybridized carbons (Fsp3) is 0.267. The Kier molecular flexibility index (Phi) is 4.76. The predicted octanol–water partition coefficient (Wildman–Crippen LogP) is 4.41. The van der Waals surface area contributed by atoms with Gasteiger partial charge >= 0.3 is 0 Å². The average Bonchev–Trinajstić information content (AvgIpc) is 2.40. The lowest BCUT2D eigenvalue weighted by Crippen LogP contribution is -2.03. The van der Waals surface area contributed by atoms with E-state index in [1.807, 2.05) is 18.3 Å². The van der Waals surface area contributed by atoms with Crippen LogP contribution in [0.25, 0.3) is 0 Å². The minimum atomic E-state index is 0.758. The van der Waals surface area contributed by atoms with E-state index in [4.69, 9.17) is 0 Å². The van der Waals surface area contributed by atoms with Crippen molar-refractivity contribution >= 4 is 21.6 Å². The Morgan fingerprint density at radius 2 is 2.00 bits per heavy atom. The van der Waals surface area contributed by atoms with E-state index in [-0.39, 0.29) is 0 Å². The van der Waals surface area contributed by atoms with Crippen LogP contribution in [0.15, 0.2) is 47.1 Å². The molecule has 0 atom stereocenters. The van der Waals surface area contributed by atoms with Crippen molar-refractivity contribution in [3.63, 3.8) is 0 Å². The van der Waals surface area contributed by atoms with Gasteiger partial charge < -0.3 is 5.32 Å². The summed E-state index contributed by atoms with van der Waals surface area (Å²) in [6.45, 7) is 2.96. The first-order chi connectivity index (χ1) is 8.79. The lowest BCUT2D eigenvalue weighted by molar-refractivity contribution is 0.917. The number of para-hydroxylation sites is 1. The minimum Gasteiger partial charge on any atom is -0.379 e. The van der Waals surface area contributed by atoms with Crippen molar-refractivity contribution in [1.29, 1.82) is 0 Å². The molecule has 0 aliphatic carbocycles. The molecule has 0 aliphatic heterocycles. The van der Waals surface area contributed by atoms with Crippen LogP contribution in [-0.2, 0) is 13.0 Å². The summed E-state index contributed by atoms with van der Waals surface area (Å²) in [6.07, 6.45) is 4.10. The van der Waals surface area contributed by atoms with Crippen molar-refractivity contribution in [3.8, 4) is 0 Å². The van der Waals surface area contributed by atoms with Crippen molar-refractivity contribution in [3.05, 3.63) is 58.3 Å². The van der Waals surface area contributed by atoms with Gasteiger partial charge in [0.05, 0.1) is 12.2 Å². The predicted molar refractivity (Wildman–Crippen MR) is 79.7 cm³/mol. The number of anilines is 1. The van der Waals surface area contributed by atoms with Gasteiger partial charge in [-0.25, -0.2) is 0 Å². The van der Waals surface area contributed by atoms with Crippen LogP contribution in [0.1, 0.15) is 24.6 Å². The van der Waals surface area contributed by atoms with E-state index < -0.39 is 0 Å². The van der Waals surface area contributed by atoms with E-state index in [1.165, 1.54) is 11.3 Å². The van der Waals surface area contributed by atoms with Crippen LogP contribution in [0, 0.1) is 0 Å². The van der Waals surface area contributed by atoms with E-state index in [0.29, 0.717) is 0 Å². The van der Waals surface area contributed by atoms with E-state index in [0.717, 1.165) is 29.6 Å². The van der Waals surface area contributed by atoms with E-state index in [2.05, 4.69) is 57.4 Å². The molecule has 2 rings (SSSR count). The number of nitrogens with zero attached hydrogens (tertiary/aromatic N) is 1. The van der Waals surface area contributed by atoms with Crippen molar-refractivity contribution in [2.24, 2.45) is 0 Å². The lowest BCUT2D eigenvalue weighted by Gasteiger charge is -2.11. The number of nitrogens with one attached hydrogen (secondary N) is 1. The summed E-state index contributed by atoms with van der Waals surface area (Å²) in [5, 5.41) is 3.46. The molecule has 0 spiro atoms. The van der Waals surface area contributed by atoms with Gasteiger partial charge in [-0.1, -0.05) is 31.5 Å². The maximum atomic E-state index is 4.36. The lowest BCUT2D eigenvalue weighted by atomic mass is 10.1. The van der Waals surface area contributed by atoms with Crippen LogP contribution in [0.2, 0.25) is 0 Å². The fourth-order valence-corrected chi connectivity index (χ4v) is 2.11. The molecule has 1 aromatic carbocycles. The number of aromatic nitrogens is 1. The number of hydrogen-bond acceptors (Lipinski definition) is 2. The molecular formula is C15H17BrN2. The van der Waals surface area contributed by atoms with Gasteiger partial charge in [0, 0.05) is 16.4 Å². The average molecular weight is 305 g/mol. The van der Waals surface area contributed by atoms with Crippen LogP contribution < -0.4 is 5.32 Å². The zero-order chi connectivity index (χ0) is 12.8. The van der Waals surface area contributed by atoms with E-state index in [9.17, 15) is 0 Å². The summed E-state index contributed by atoms with van der Waals surface area (Å²) in [4.78, 5) is 4.36. The molecule has 0 aliphatic rings. The first kappa shape index (κ1) is 13.1. The number of hydrogen-bond donors (Lipinski definition) is 1. The Labute approximate surface area is 117 Å². The van der Waals surface area contributed by atoms with Gasteiger partial charge in [0.1, 0.15) is 0 Å². The van der Waals surface area contributed by atoms with Gasteiger partial charge in [-0.2, -0.15) is 0 Å². The second-order valence-corrected chi connectivity index (χ2v) is 5.14. The zero-order valence-electron chi connectivity index (χ0n) is 10.5. The molecule has 1 N–H and O–H groups in total. The molecule has 0 unspecified atom stereocenters. The minimum absolute atomic E-state index is 0.758. The molecule has 94 valence electrons. The quantitative estimate of drug-likeness (QED) is 0.885. The largest absolute Gasteiger partial charge is 0.379 e. The fourth-order valence-electron chi connectivity index (χ4n) is 1.88. The molecule has 3 heteroatoms. The maximum Gasteiger partial charge on any atom is 0.0595 e. The Balaban J connectivity index is 2.03. The maximum absolute atomic E-state index is 4.36. The van der Waals surface area contributed by atoms with Gasteiger partial charge in [-0.15, -0.1) is 0 Å². The molecular weight excluding hydrogens is 288 g/mol. The molecule has 1 aromatic heterocycles. The highest BCUT2D eigenvalue weighted by atomic mass is 79.9. The molecule has 0 radical (unpaired) electrons. The summed E-state index contributed by atoms with van der Waals surface area (Å²) in [5.41, 5.74) is 3.63. The Hall–Kier alpha value is -1.35. The monoisotopic (exact) mass is 304 g/mol. The highest BCUT2D eigenvalue weighted by Crippen LogP contribution is 2.17. The molecule has 2 nitrogen and oxygen atoms in total. The molecule has 1 heterocycles. The van der Waals surface area contributed by atoms with Crippen LogP contribution in [0.5, 0.6) is 0 Å². The van der Waals surface area contributed by atoms with E-state index in [1.54, 1.807) is 0 Å². The molecule has 18 heavy (non-hydrogen) atoms. The van der Waals surface area contributed by atoms with Crippen molar-refractivity contribution in [2.45, 2.75) is 26.3 Å². The number of pyridine rings is 1. The molecule has 0 fully saturated rings. The summed E-state index contributed by atoms with van der Waals surface area (Å²) < 4.78 is 1.01. The Morgan fingerprint density at radius 1 is 1.17 bits per heavy atom. The molecule has 0 saturated heterocycles. The first-order valence-electron chi connectivity index (χ1n) is 6.22. The zero-order valence-corrected chi connectivity index (χ0v) is 12.1. The number of benzene rings is 1. The summed E-state index contributed by atoms with van der Waals surface area (Å²) in [7, 11) is 0. The Bertz CT molecular complexity index is 494. The third-order valence-electron chi connectivity index (χ3n) is 2.79. The normalized spacial score (nSPS) is 10.3. The third-order valence-corrected chi connectivity index (χ3v) is 3.25. The van der Waals surface area contributed by atoms with Crippen LogP contribution in [0.4, 0.5) is 5.69 Å². The standard InChI is InChI=1S/C15H17BrN2/c1-2-5-12-6-3-4-7-15(12)18-11-14-9-8-13(16)10-17-14/h3-4,6-10,18H,2,5,11H2,1H3. The van der Waals surface area contributed by atoms with Gasteiger partial charge in [0.25, 0.3) is 0 Å². The van der Waals surface area contributed by atoms with E-state index >= 15 is 0 Å². The van der Waals surface area contributed by atoms with Gasteiger partial charge in [0.2, 0.25) is 0 Å². The number of aryl methyl sites for hydroxylation is 1. The topological polar surface area (TPSA) is 24.9 Å². The SMILES string of the molecule is CCCc1ccccc1NCc1ccc(Br)cn1. The van der Waals surface area contributed by atoms with Crippen LogP contribution >= 0.6 is 15.9 Å². The number of halogens is 1. The second-order valence-electron chi connectivity index (χ2n) is 4.23. The number of rotatable bonds is 5. The van der Waals surface area contributed by atoms with Crippen molar-refractivity contribution in [2.75, 3.05) is 5.32 Å². The smallest absolute Gasteiger partial charge is 0.0595 e. The van der Waals surface area contributed by atoms with Gasteiger partial charge in [-0.3, -0.25) is 4.98 Å². The highest BCUT2D eigenvalue weighted by molar-refractivity contribution is 9.10. The molecule has 0 amide bonds. The molecule has 2 aromatic rings. The Morgan fingerprint density at radius 3 is 2.72 bits per heavy atom. The first-order valence-corrected chi connectivity index (χ1v) is 7.01. The van der Waals surface area contributed by atoms with Crippen molar-refractivity contribution in [1.82, 2.24) is 4.98 Å². The second kappa shape index (κ2) is 6.55. The van der Waals surface area contributed by atoms with Gasteiger partial charge in [-0.05, 0) is 46.1 Å². The summed E-state index contributed by atoms with van der Waals surface area (Å²) in [5.74, 6) is 0.